The average Bonchev–Trinajstić information content (AvgIpc) is 3.18. The number of benzene rings is 2. The highest BCUT2D eigenvalue weighted by Gasteiger charge is 2.17. The third-order valence-corrected chi connectivity index (χ3v) is 4.96. The van der Waals surface area contributed by atoms with E-state index in [0.29, 0.717) is 24.6 Å². The lowest BCUT2D eigenvalue weighted by atomic mass is 10.1. The molecule has 0 radical (unpaired) electrons. The van der Waals surface area contributed by atoms with Crippen LogP contribution >= 0.6 is 0 Å². The molecule has 6 heteroatoms. The number of nitriles is 1. The van der Waals surface area contributed by atoms with Crippen LogP contribution in [0.4, 0.5) is 5.82 Å². The molecule has 0 unspecified atom stereocenters. The number of hydrogen-bond acceptors (Lipinski definition) is 5. The van der Waals surface area contributed by atoms with E-state index in [9.17, 15) is 0 Å². The predicted octanol–water partition coefficient (Wildman–Crippen LogP) is 4.21. The molecule has 2 N–H and O–H groups in total. The molecular weight excluding hydrogens is 350 g/mol. The largest absolute Gasteiger partial charge is 0.382 e. The maximum absolute atomic E-state index is 8.89. The number of pyridine rings is 1. The van der Waals surface area contributed by atoms with Crippen LogP contribution in [0.25, 0.3) is 21.9 Å². The maximum atomic E-state index is 8.89. The predicted molar refractivity (Wildman–Crippen MR) is 110 cm³/mol. The molecule has 2 heterocycles. The highest BCUT2D eigenvalue weighted by Crippen LogP contribution is 2.30. The zero-order chi connectivity index (χ0) is 19.5. The van der Waals surface area contributed by atoms with E-state index >= 15 is 0 Å². The lowest BCUT2D eigenvalue weighted by Crippen LogP contribution is -2.14. The number of ether oxygens (including phenoxy) is 1. The summed E-state index contributed by atoms with van der Waals surface area (Å²) in [6.45, 7) is 3.19. The Morgan fingerprint density at radius 1 is 1.18 bits per heavy atom. The molecule has 6 nitrogen and oxygen atoms in total. The summed E-state index contributed by atoms with van der Waals surface area (Å²) in [5, 5.41) is 9.93. The fraction of sp³-hybridized carbons (Fsp3) is 0.227. The van der Waals surface area contributed by atoms with Gasteiger partial charge < -0.3 is 15.0 Å². The molecule has 0 spiro atoms. The smallest absolute Gasteiger partial charge is 0.152 e. The first-order valence-corrected chi connectivity index (χ1v) is 9.28. The molecule has 0 amide bonds. The number of nitrogens with two attached hydrogens (primary N) is 1. The molecule has 0 aliphatic rings. The Hall–Kier alpha value is -3.43. The highest BCUT2D eigenvalue weighted by atomic mass is 16.5. The molecule has 0 saturated carbocycles. The third-order valence-electron chi connectivity index (χ3n) is 4.96. The Morgan fingerprint density at radius 3 is 2.71 bits per heavy atom. The van der Waals surface area contributed by atoms with Gasteiger partial charge in [-0.2, -0.15) is 5.26 Å². The van der Waals surface area contributed by atoms with Gasteiger partial charge in [0.1, 0.15) is 5.52 Å². The van der Waals surface area contributed by atoms with Crippen LogP contribution in [0.15, 0.2) is 54.9 Å². The van der Waals surface area contributed by atoms with Gasteiger partial charge in [-0.25, -0.2) is 9.97 Å². The lowest BCUT2D eigenvalue weighted by molar-refractivity contribution is 0.0897. The van der Waals surface area contributed by atoms with E-state index < -0.39 is 0 Å². The van der Waals surface area contributed by atoms with Gasteiger partial charge in [0.05, 0.1) is 48.2 Å². The fourth-order valence-corrected chi connectivity index (χ4v) is 3.43. The summed E-state index contributed by atoms with van der Waals surface area (Å²) >= 11 is 0. The molecule has 0 aliphatic carbocycles. The first kappa shape index (κ1) is 18.0. The van der Waals surface area contributed by atoms with Gasteiger partial charge >= 0.3 is 0 Å². The van der Waals surface area contributed by atoms with E-state index in [2.05, 4.69) is 27.5 Å². The van der Waals surface area contributed by atoms with Crippen molar-refractivity contribution in [2.75, 3.05) is 12.3 Å². The van der Waals surface area contributed by atoms with Crippen LogP contribution in [0.3, 0.4) is 0 Å². The van der Waals surface area contributed by atoms with E-state index in [-0.39, 0.29) is 6.04 Å². The molecular formula is C22H21N5O. The van der Waals surface area contributed by atoms with Crippen molar-refractivity contribution in [2.24, 2.45) is 0 Å². The molecule has 28 heavy (non-hydrogen) atoms. The van der Waals surface area contributed by atoms with E-state index in [1.165, 1.54) is 0 Å². The fourth-order valence-electron chi connectivity index (χ4n) is 3.43. The summed E-state index contributed by atoms with van der Waals surface area (Å²) < 4.78 is 8.13. The van der Waals surface area contributed by atoms with Crippen molar-refractivity contribution in [3.8, 4) is 6.07 Å². The summed E-state index contributed by atoms with van der Waals surface area (Å²) in [6, 6.07) is 17.7. The van der Waals surface area contributed by atoms with Crippen LogP contribution in [-0.2, 0) is 11.3 Å². The summed E-state index contributed by atoms with van der Waals surface area (Å²) in [4.78, 5) is 8.98. The SMILES string of the molecule is CC[C@@H](COCc1ccc(C#N)cc1)n1cnc2c(N)nc3ccccc3c21. The molecule has 4 aromatic rings. The molecule has 2 aromatic carbocycles. The number of fused-ring (bicyclic) bond motifs is 3. The molecule has 0 aliphatic heterocycles. The van der Waals surface area contributed by atoms with E-state index in [0.717, 1.165) is 33.9 Å². The van der Waals surface area contributed by atoms with Crippen LogP contribution in [0.1, 0.15) is 30.5 Å². The van der Waals surface area contributed by atoms with Gasteiger partial charge in [0, 0.05) is 5.39 Å². The van der Waals surface area contributed by atoms with Gasteiger partial charge in [0.25, 0.3) is 0 Å². The van der Waals surface area contributed by atoms with Gasteiger partial charge in [0.15, 0.2) is 5.82 Å². The lowest BCUT2D eigenvalue weighted by Gasteiger charge is -2.19. The second kappa shape index (κ2) is 7.67. The second-order valence-corrected chi connectivity index (χ2v) is 6.75. The molecule has 0 fully saturated rings. The van der Waals surface area contributed by atoms with Crippen LogP contribution in [0, 0.1) is 11.3 Å². The van der Waals surface area contributed by atoms with Crippen LogP contribution in [0.5, 0.6) is 0 Å². The minimum atomic E-state index is 0.133. The van der Waals surface area contributed by atoms with Gasteiger partial charge in [-0.15, -0.1) is 0 Å². The van der Waals surface area contributed by atoms with Crippen LogP contribution in [-0.4, -0.2) is 21.1 Å². The standard InChI is InChI=1S/C22H21N5O/c1-2-17(13-28-12-16-9-7-15(11-23)8-10-16)27-14-25-20-21(27)18-5-3-4-6-19(18)26-22(20)24/h3-10,14,17H,2,12-13H2,1H3,(H2,24,26)/t17-/m0/s1. The molecule has 0 bridgehead atoms. The Kier molecular flexibility index (Phi) is 4.92. The maximum Gasteiger partial charge on any atom is 0.152 e. The molecule has 0 saturated heterocycles. The average molecular weight is 371 g/mol. The number of rotatable bonds is 6. The van der Waals surface area contributed by atoms with Gasteiger partial charge in [0.2, 0.25) is 0 Å². The van der Waals surface area contributed by atoms with Crippen LogP contribution in [0.2, 0.25) is 0 Å². The van der Waals surface area contributed by atoms with Crippen molar-refractivity contribution in [1.82, 2.24) is 14.5 Å². The zero-order valence-corrected chi connectivity index (χ0v) is 15.7. The first-order valence-electron chi connectivity index (χ1n) is 9.28. The number of nitrogens with zero attached hydrogens (tertiary/aromatic N) is 4. The van der Waals surface area contributed by atoms with E-state index in [4.69, 9.17) is 15.7 Å². The third kappa shape index (κ3) is 3.28. The highest BCUT2D eigenvalue weighted by molar-refractivity contribution is 6.06. The minimum Gasteiger partial charge on any atom is -0.382 e. The van der Waals surface area contributed by atoms with E-state index in [1.54, 1.807) is 12.1 Å². The van der Waals surface area contributed by atoms with Crippen molar-refractivity contribution in [2.45, 2.75) is 26.0 Å². The van der Waals surface area contributed by atoms with E-state index in [1.807, 2.05) is 42.7 Å². The summed E-state index contributed by atoms with van der Waals surface area (Å²) in [7, 11) is 0. The first-order chi connectivity index (χ1) is 13.7. The van der Waals surface area contributed by atoms with Gasteiger partial charge in [-0.05, 0) is 30.2 Å². The summed E-state index contributed by atoms with van der Waals surface area (Å²) in [6.07, 6.45) is 2.73. The Labute approximate surface area is 163 Å². The molecule has 2 aromatic heterocycles. The summed E-state index contributed by atoms with van der Waals surface area (Å²) in [5.74, 6) is 0.445. The molecule has 1 atom stereocenters. The number of nitrogen functional groups attached to an aromatic ring is 1. The number of imidazole rings is 1. The zero-order valence-electron chi connectivity index (χ0n) is 15.7. The topological polar surface area (TPSA) is 89.8 Å². The quantitative estimate of drug-likeness (QED) is 0.548. The number of para-hydroxylation sites is 1. The number of hydrogen-bond donors (Lipinski definition) is 1. The van der Waals surface area contributed by atoms with Crippen molar-refractivity contribution in [3.63, 3.8) is 0 Å². The Bertz CT molecular complexity index is 1160. The van der Waals surface area contributed by atoms with Crippen molar-refractivity contribution in [3.05, 3.63) is 66.0 Å². The minimum absolute atomic E-state index is 0.133. The summed E-state index contributed by atoms with van der Waals surface area (Å²) in [5.41, 5.74) is 10.4. The Balaban J connectivity index is 1.59. The Morgan fingerprint density at radius 2 is 1.96 bits per heavy atom. The van der Waals surface area contributed by atoms with Gasteiger partial charge in [-0.1, -0.05) is 37.3 Å². The number of anilines is 1. The number of aromatic nitrogens is 3. The van der Waals surface area contributed by atoms with Crippen molar-refractivity contribution in [1.29, 1.82) is 5.26 Å². The molecule has 140 valence electrons. The normalized spacial score (nSPS) is 12.3. The monoisotopic (exact) mass is 371 g/mol. The van der Waals surface area contributed by atoms with Crippen molar-refractivity contribution >= 4 is 27.8 Å². The molecule has 4 rings (SSSR count). The van der Waals surface area contributed by atoms with Gasteiger partial charge in [-0.3, -0.25) is 0 Å². The second-order valence-electron chi connectivity index (χ2n) is 6.75. The van der Waals surface area contributed by atoms with Crippen molar-refractivity contribution < 1.29 is 4.74 Å². The van der Waals surface area contributed by atoms with Crippen LogP contribution < -0.4 is 5.73 Å².